The first-order valence-electron chi connectivity index (χ1n) is 6.86. The number of thioether (sulfide) groups is 1. The molecule has 114 valence electrons. The van der Waals surface area contributed by atoms with Crippen LogP contribution in [0.25, 0.3) is 0 Å². The van der Waals surface area contributed by atoms with Gasteiger partial charge in [0.2, 0.25) is 5.91 Å². The van der Waals surface area contributed by atoms with Crippen molar-refractivity contribution >= 4 is 23.6 Å². The highest BCUT2D eigenvalue weighted by Gasteiger charge is 2.20. The van der Waals surface area contributed by atoms with Crippen molar-refractivity contribution < 1.29 is 19.4 Å². The number of esters is 1. The van der Waals surface area contributed by atoms with Crippen LogP contribution in [0.15, 0.2) is 23.1 Å². The average Bonchev–Trinajstić information content (AvgIpc) is 2.97. The molecule has 1 aromatic carbocycles. The van der Waals surface area contributed by atoms with E-state index >= 15 is 0 Å². The number of hydrogen-bond donors (Lipinski definition) is 2. The lowest BCUT2D eigenvalue weighted by molar-refractivity contribution is -0.145. The van der Waals surface area contributed by atoms with E-state index in [4.69, 9.17) is 5.11 Å². The van der Waals surface area contributed by atoms with Gasteiger partial charge in [-0.15, -0.1) is 11.8 Å². The van der Waals surface area contributed by atoms with Crippen molar-refractivity contribution in [1.29, 1.82) is 0 Å². The molecule has 1 aromatic rings. The molecule has 1 aliphatic carbocycles. The van der Waals surface area contributed by atoms with Crippen molar-refractivity contribution in [1.82, 2.24) is 5.32 Å². The molecule has 21 heavy (non-hydrogen) atoms. The molecule has 0 radical (unpaired) electrons. The summed E-state index contributed by atoms with van der Waals surface area (Å²) < 4.78 is 4.50. The number of amides is 1. The van der Waals surface area contributed by atoms with E-state index in [1.54, 1.807) is 0 Å². The number of aryl methyl sites for hydroxylation is 2. The van der Waals surface area contributed by atoms with Gasteiger partial charge in [-0.25, -0.2) is 4.79 Å². The van der Waals surface area contributed by atoms with Crippen molar-refractivity contribution in [2.45, 2.75) is 30.2 Å². The van der Waals surface area contributed by atoms with Gasteiger partial charge >= 0.3 is 5.97 Å². The second-order valence-electron chi connectivity index (χ2n) is 4.90. The maximum Gasteiger partial charge on any atom is 0.330 e. The van der Waals surface area contributed by atoms with E-state index < -0.39 is 18.6 Å². The average molecular weight is 309 g/mol. The summed E-state index contributed by atoms with van der Waals surface area (Å²) in [5, 5.41) is 11.5. The minimum absolute atomic E-state index is 0.201. The van der Waals surface area contributed by atoms with Gasteiger partial charge in [0, 0.05) is 4.90 Å². The molecular formula is C15H19NO4S. The van der Waals surface area contributed by atoms with Gasteiger partial charge in [0.15, 0.2) is 6.04 Å². The molecular weight excluding hydrogens is 290 g/mol. The fourth-order valence-corrected chi connectivity index (χ4v) is 3.12. The normalized spacial score (nSPS) is 14.4. The third-order valence-corrected chi connectivity index (χ3v) is 4.44. The van der Waals surface area contributed by atoms with Crippen LogP contribution in [0.4, 0.5) is 0 Å². The Morgan fingerprint density at radius 1 is 1.38 bits per heavy atom. The maximum atomic E-state index is 11.8. The quantitative estimate of drug-likeness (QED) is 0.604. The second kappa shape index (κ2) is 7.47. The van der Waals surface area contributed by atoms with Crippen LogP contribution in [0.3, 0.4) is 0 Å². The number of ether oxygens (including phenoxy) is 1. The summed E-state index contributed by atoms with van der Waals surface area (Å²) in [6, 6.07) is 5.27. The molecule has 2 N–H and O–H groups in total. The van der Waals surface area contributed by atoms with Gasteiger partial charge < -0.3 is 15.2 Å². The van der Waals surface area contributed by atoms with Gasteiger partial charge in [-0.2, -0.15) is 0 Å². The lowest BCUT2D eigenvalue weighted by Crippen LogP contribution is -2.44. The lowest BCUT2D eigenvalue weighted by Gasteiger charge is -2.13. The number of hydrogen-bond acceptors (Lipinski definition) is 5. The number of nitrogens with one attached hydrogen (secondary N) is 1. The minimum atomic E-state index is -0.997. The van der Waals surface area contributed by atoms with Gasteiger partial charge in [-0.1, -0.05) is 6.07 Å². The first kappa shape index (κ1) is 15.9. The molecule has 0 saturated carbocycles. The number of methoxy groups -OCH3 is 1. The standard InChI is InChI=1S/C15H19NO4S/c1-20-15(19)13(8-17)16-14(18)9-21-12-6-5-10-3-2-4-11(10)7-12/h5-7,13,17H,2-4,8-9H2,1H3,(H,16,18)/t13-/m0/s1. The maximum absolute atomic E-state index is 11.8. The molecule has 6 heteroatoms. The highest BCUT2D eigenvalue weighted by molar-refractivity contribution is 8.00. The van der Waals surface area contributed by atoms with Gasteiger partial charge in [-0.05, 0) is 42.5 Å². The molecule has 0 fully saturated rings. The largest absolute Gasteiger partial charge is 0.467 e. The minimum Gasteiger partial charge on any atom is -0.467 e. The molecule has 5 nitrogen and oxygen atoms in total. The Morgan fingerprint density at radius 2 is 2.14 bits per heavy atom. The van der Waals surface area contributed by atoms with E-state index in [1.165, 1.54) is 36.4 Å². The number of benzene rings is 1. The van der Waals surface area contributed by atoms with Crippen LogP contribution in [0.2, 0.25) is 0 Å². The SMILES string of the molecule is COC(=O)[C@H](CO)NC(=O)CSc1ccc2c(c1)CCC2. The van der Waals surface area contributed by atoms with Crippen LogP contribution >= 0.6 is 11.8 Å². The fraction of sp³-hybridized carbons (Fsp3) is 0.467. The van der Waals surface area contributed by atoms with Crippen LogP contribution in [-0.4, -0.2) is 42.5 Å². The Hall–Kier alpha value is -1.53. The molecule has 2 rings (SSSR count). The third kappa shape index (κ3) is 4.22. The molecule has 0 aromatic heterocycles. The van der Waals surface area contributed by atoms with Crippen molar-refractivity contribution in [3.8, 4) is 0 Å². The first-order valence-corrected chi connectivity index (χ1v) is 7.85. The third-order valence-electron chi connectivity index (χ3n) is 3.44. The molecule has 0 spiro atoms. The molecule has 0 bridgehead atoms. The zero-order valence-electron chi connectivity index (χ0n) is 11.9. The zero-order valence-corrected chi connectivity index (χ0v) is 12.7. The number of fused-ring (bicyclic) bond motifs is 1. The molecule has 0 heterocycles. The highest BCUT2D eigenvalue weighted by Crippen LogP contribution is 2.27. The molecule has 1 aliphatic rings. The first-order chi connectivity index (χ1) is 10.1. The van der Waals surface area contributed by atoms with Crippen molar-refractivity contribution in [2.75, 3.05) is 19.5 Å². The lowest BCUT2D eigenvalue weighted by atomic mass is 10.1. The van der Waals surface area contributed by atoms with Gasteiger partial charge in [0.1, 0.15) is 0 Å². The molecule has 1 amide bonds. The Bertz CT molecular complexity index is 532. The highest BCUT2D eigenvalue weighted by atomic mass is 32.2. The number of carbonyl (C=O) groups excluding carboxylic acids is 2. The molecule has 0 unspecified atom stereocenters. The zero-order chi connectivity index (χ0) is 15.2. The van der Waals surface area contributed by atoms with E-state index in [1.807, 2.05) is 6.07 Å². The van der Waals surface area contributed by atoms with Crippen molar-refractivity contribution in [3.63, 3.8) is 0 Å². The molecule has 1 atom stereocenters. The summed E-state index contributed by atoms with van der Waals surface area (Å²) in [7, 11) is 1.22. The summed E-state index contributed by atoms with van der Waals surface area (Å²) in [5.41, 5.74) is 2.76. The topological polar surface area (TPSA) is 75.6 Å². The fourth-order valence-electron chi connectivity index (χ4n) is 2.34. The summed E-state index contributed by atoms with van der Waals surface area (Å²) >= 11 is 1.42. The van der Waals surface area contributed by atoms with Crippen LogP contribution in [0.5, 0.6) is 0 Å². The van der Waals surface area contributed by atoms with E-state index in [9.17, 15) is 9.59 Å². The monoisotopic (exact) mass is 309 g/mol. The van der Waals surface area contributed by atoms with Gasteiger partial charge in [0.25, 0.3) is 0 Å². The Kier molecular flexibility index (Phi) is 5.64. The smallest absolute Gasteiger partial charge is 0.330 e. The summed E-state index contributed by atoms with van der Waals surface area (Å²) in [4.78, 5) is 24.1. The Morgan fingerprint density at radius 3 is 2.86 bits per heavy atom. The predicted molar refractivity (Wildman–Crippen MR) is 80.2 cm³/mol. The van der Waals surface area contributed by atoms with E-state index in [-0.39, 0.29) is 11.7 Å². The van der Waals surface area contributed by atoms with E-state index in [0.29, 0.717) is 0 Å². The van der Waals surface area contributed by atoms with Crippen molar-refractivity contribution in [2.24, 2.45) is 0 Å². The van der Waals surface area contributed by atoms with Crippen LogP contribution in [0, 0.1) is 0 Å². The second-order valence-corrected chi connectivity index (χ2v) is 5.95. The van der Waals surface area contributed by atoms with E-state index in [2.05, 4.69) is 22.2 Å². The summed E-state index contributed by atoms with van der Waals surface area (Å²) in [6.07, 6.45) is 3.43. The van der Waals surface area contributed by atoms with Crippen molar-refractivity contribution in [3.05, 3.63) is 29.3 Å². The number of aliphatic hydroxyl groups excluding tert-OH is 1. The van der Waals surface area contributed by atoms with Gasteiger partial charge in [0.05, 0.1) is 19.5 Å². The summed E-state index contributed by atoms with van der Waals surface area (Å²) in [6.45, 7) is -0.470. The predicted octanol–water partition coefficient (Wildman–Crippen LogP) is 0.917. The number of carbonyl (C=O) groups is 2. The van der Waals surface area contributed by atoms with E-state index in [0.717, 1.165) is 17.7 Å². The van der Waals surface area contributed by atoms with Crippen LogP contribution in [0.1, 0.15) is 17.5 Å². The molecule has 0 saturated heterocycles. The Balaban J connectivity index is 1.85. The number of rotatable bonds is 6. The molecule has 0 aliphatic heterocycles. The Labute approximate surface area is 128 Å². The van der Waals surface area contributed by atoms with Crippen LogP contribution < -0.4 is 5.32 Å². The van der Waals surface area contributed by atoms with Gasteiger partial charge in [-0.3, -0.25) is 4.79 Å². The summed E-state index contributed by atoms with van der Waals surface area (Å²) in [5.74, 6) is -0.745. The number of aliphatic hydroxyl groups is 1. The van der Waals surface area contributed by atoms with Crippen LogP contribution in [-0.2, 0) is 27.2 Å².